The minimum atomic E-state index is 0.598. The third-order valence-electron chi connectivity index (χ3n) is 11.1. The van der Waals surface area contributed by atoms with Crippen molar-refractivity contribution in [2.24, 2.45) is 0 Å². The summed E-state index contributed by atoms with van der Waals surface area (Å²) >= 11 is 0. The Kier molecular flexibility index (Phi) is 6.61. The molecule has 5 heteroatoms. The highest BCUT2D eigenvalue weighted by molar-refractivity contribution is 6.16. The molecule has 0 N–H and O–H groups in total. The van der Waals surface area contributed by atoms with E-state index in [9.17, 15) is 10.5 Å². The van der Waals surface area contributed by atoms with Gasteiger partial charge < -0.3 is 13.7 Å². The Morgan fingerprint density at radius 2 is 0.818 bits per heavy atom. The quantitative estimate of drug-likeness (QED) is 0.184. The fraction of sp³-hybridized carbons (Fsp3) is 0. The van der Waals surface area contributed by atoms with Crippen molar-refractivity contribution in [3.05, 3.63) is 187 Å². The second-order valence-electron chi connectivity index (χ2n) is 13.9. The summed E-state index contributed by atoms with van der Waals surface area (Å²) in [5, 5.41) is 27.4. The molecule has 3 heterocycles. The van der Waals surface area contributed by atoms with E-state index in [4.69, 9.17) is 0 Å². The summed E-state index contributed by atoms with van der Waals surface area (Å²) in [7, 11) is 0. The molecule has 0 fully saturated rings. The second kappa shape index (κ2) is 11.8. The van der Waals surface area contributed by atoms with E-state index < -0.39 is 0 Å². The number of benzene rings is 8. The summed E-state index contributed by atoms with van der Waals surface area (Å²) in [6, 6.07) is 65.9. The first kappa shape index (κ1) is 30.7. The van der Waals surface area contributed by atoms with E-state index in [1.165, 1.54) is 10.8 Å². The lowest BCUT2D eigenvalue weighted by Gasteiger charge is -2.18. The maximum Gasteiger partial charge on any atom is 0.0998 e. The molecule has 0 saturated carbocycles. The Hall–Kier alpha value is -7.86. The molecule has 0 atom stereocenters. The maximum absolute atomic E-state index is 10.7. The standard InChI is InChI=1S/C50H29N5/c51-30-33-12-9-23-45(48(33)32-26-28-35(29-27-32)53-44-22-8-4-17-40(44)49-34(31-52)13-10-24-46(49)53)55-43-21-7-3-16-38(43)39-18-11-25-47(50(39)55)54-41-19-5-1-14-36(41)37-15-2-6-20-42(37)54/h1-29H. The van der Waals surface area contributed by atoms with Crippen molar-refractivity contribution < 1.29 is 0 Å². The average Bonchev–Trinajstić information content (AvgIpc) is 3.89. The van der Waals surface area contributed by atoms with Gasteiger partial charge in [0.15, 0.2) is 0 Å². The lowest BCUT2D eigenvalue weighted by molar-refractivity contribution is 1.13. The van der Waals surface area contributed by atoms with Gasteiger partial charge in [0.05, 0.1) is 67.7 Å². The molecule has 55 heavy (non-hydrogen) atoms. The molecule has 0 aliphatic rings. The minimum absolute atomic E-state index is 0.598. The van der Waals surface area contributed by atoms with Crippen molar-refractivity contribution in [2.75, 3.05) is 0 Å². The van der Waals surface area contributed by atoms with E-state index in [1.807, 2.05) is 36.4 Å². The molecule has 8 aromatic carbocycles. The van der Waals surface area contributed by atoms with Crippen LogP contribution in [0.4, 0.5) is 0 Å². The molecule has 11 rings (SSSR count). The van der Waals surface area contributed by atoms with E-state index >= 15 is 0 Å². The number of para-hydroxylation sites is 5. The lowest BCUT2D eigenvalue weighted by Crippen LogP contribution is -2.03. The summed E-state index contributed by atoms with van der Waals surface area (Å²) in [6.45, 7) is 0. The van der Waals surface area contributed by atoms with Crippen molar-refractivity contribution in [3.8, 4) is 40.3 Å². The fourth-order valence-electron chi connectivity index (χ4n) is 8.90. The van der Waals surface area contributed by atoms with Gasteiger partial charge in [0.1, 0.15) is 0 Å². The first-order chi connectivity index (χ1) is 27.2. The smallest absolute Gasteiger partial charge is 0.0998 e. The zero-order valence-corrected chi connectivity index (χ0v) is 29.5. The summed E-state index contributed by atoms with van der Waals surface area (Å²) < 4.78 is 6.95. The number of aromatic nitrogens is 3. The highest BCUT2D eigenvalue weighted by Gasteiger charge is 2.23. The Morgan fingerprint density at radius 3 is 1.47 bits per heavy atom. The summed E-state index contributed by atoms with van der Waals surface area (Å²) in [5.41, 5.74) is 12.5. The summed E-state index contributed by atoms with van der Waals surface area (Å²) in [6.07, 6.45) is 0. The normalized spacial score (nSPS) is 11.6. The first-order valence-corrected chi connectivity index (χ1v) is 18.3. The Bertz CT molecular complexity index is 3400. The van der Waals surface area contributed by atoms with Gasteiger partial charge in [0, 0.05) is 43.6 Å². The van der Waals surface area contributed by atoms with Crippen LogP contribution in [-0.4, -0.2) is 13.7 Å². The number of fused-ring (bicyclic) bond motifs is 9. The maximum atomic E-state index is 10.7. The van der Waals surface area contributed by atoms with Crippen LogP contribution < -0.4 is 0 Å². The van der Waals surface area contributed by atoms with Crippen LogP contribution in [0.15, 0.2) is 176 Å². The molecule has 0 unspecified atom stereocenters. The highest BCUT2D eigenvalue weighted by Crippen LogP contribution is 2.42. The molecule has 0 amide bonds. The van der Waals surface area contributed by atoms with Crippen molar-refractivity contribution in [2.45, 2.75) is 0 Å². The van der Waals surface area contributed by atoms with Gasteiger partial charge in [-0.2, -0.15) is 10.5 Å². The van der Waals surface area contributed by atoms with Crippen LogP contribution in [0, 0.1) is 22.7 Å². The van der Waals surface area contributed by atoms with E-state index in [1.54, 1.807) is 0 Å². The van der Waals surface area contributed by atoms with Crippen LogP contribution in [0.2, 0.25) is 0 Å². The third-order valence-corrected chi connectivity index (χ3v) is 11.1. The monoisotopic (exact) mass is 699 g/mol. The van der Waals surface area contributed by atoms with E-state index in [-0.39, 0.29) is 0 Å². The Balaban J connectivity index is 1.18. The topological polar surface area (TPSA) is 62.4 Å². The highest BCUT2D eigenvalue weighted by atomic mass is 15.1. The number of hydrogen-bond acceptors (Lipinski definition) is 2. The molecule has 11 aromatic rings. The third kappa shape index (κ3) is 4.33. The van der Waals surface area contributed by atoms with Crippen molar-refractivity contribution in [1.29, 1.82) is 10.5 Å². The molecular formula is C50H29N5. The number of nitriles is 2. The van der Waals surface area contributed by atoms with Gasteiger partial charge in [-0.05, 0) is 72.3 Å². The molecule has 254 valence electrons. The van der Waals surface area contributed by atoms with Gasteiger partial charge in [-0.3, -0.25) is 0 Å². The molecule has 0 radical (unpaired) electrons. The predicted molar refractivity (Wildman–Crippen MR) is 224 cm³/mol. The lowest BCUT2D eigenvalue weighted by atomic mass is 9.97. The van der Waals surface area contributed by atoms with Crippen LogP contribution in [0.5, 0.6) is 0 Å². The fourth-order valence-corrected chi connectivity index (χ4v) is 8.90. The summed E-state index contributed by atoms with van der Waals surface area (Å²) in [5.74, 6) is 0. The molecule has 0 aliphatic heterocycles. The minimum Gasteiger partial charge on any atom is -0.309 e. The molecule has 0 aliphatic carbocycles. The van der Waals surface area contributed by atoms with Crippen molar-refractivity contribution >= 4 is 65.4 Å². The average molecular weight is 700 g/mol. The van der Waals surface area contributed by atoms with Crippen LogP contribution in [-0.2, 0) is 0 Å². The molecular weight excluding hydrogens is 671 g/mol. The molecule has 5 nitrogen and oxygen atoms in total. The molecule has 0 saturated heterocycles. The Morgan fingerprint density at radius 1 is 0.345 bits per heavy atom. The molecule has 0 bridgehead atoms. The Labute approximate surface area is 316 Å². The summed E-state index contributed by atoms with van der Waals surface area (Å²) in [4.78, 5) is 0. The predicted octanol–water partition coefficient (Wildman–Crippen LogP) is 12.4. The van der Waals surface area contributed by atoms with Crippen molar-refractivity contribution in [3.63, 3.8) is 0 Å². The second-order valence-corrected chi connectivity index (χ2v) is 13.9. The zero-order chi connectivity index (χ0) is 36.6. The van der Waals surface area contributed by atoms with E-state index in [0.717, 1.165) is 82.8 Å². The SMILES string of the molecule is N#Cc1cccc(-n2c3ccccc3c3cccc(-n4c5ccccc5c5ccccc54)c32)c1-c1ccc(-n2c3ccccc3c3c(C#N)cccc32)cc1. The van der Waals surface area contributed by atoms with E-state index in [0.29, 0.717) is 11.1 Å². The number of nitrogens with zero attached hydrogens (tertiary/aromatic N) is 5. The van der Waals surface area contributed by atoms with Crippen LogP contribution >= 0.6 is 0 Å². The van der Waals surface area contributed by atoms with Gasteiger partial charge in [0.25, 0.3) is 0 Å². The van der Waals surface area contributed by atoms with Gasteiger partial charge in [-0.1, -0.05) is 109 Å². The van der Waals surface area contributed by atoms with Crippen LogP contribution in [0.25, 0.3) is 93.6 Å². The first-order valence-electron chi connectivity index (χ1n) is 18.3. The van der Waals surface area contributed by atoms with Gasteiger partial charge in [0.2, 0.25) is 0 Å². The van der Waals surface area contributed by atoms with Crippen LogP contribution in [0.3, 0.4) is 0 Å². The largest absolute Gasteiger partial charge is 0.309 e. The van der Waals surface area contributed by atoms with Gasteiger partial charge in [-0.15, -0.1) is 0 Å². The van der Waals surface area contributed by atoms with Gasteiger partial charge in [-0.25, -0.2) is 0 Å². The van der Waals surface area contributed by atoms with Crippen molar-refractivity contribution in [1.82, 2.24) is 13.7 Å². The number of rotatable bonds is 4. The zero-order valence-electron chi connectivity index (χ0n) is 29.5. The van der Waals surface area contributed by atoms with Gasteiger partial charge >= 0.3 is 0 Å². The number of hydrogen-bond donors (Lipinski definition) is 0. The van der Waals surface area contributed by atoms with E-state index in [2.05, 4.69) is 165 Å². The molecule has 0 spiro atoms. The van der Waals surface area contributed by atoms with Crippen LogP contribution in [0.1, 0.15) is 11.1 Å². The molecule has 3 aromatic heterocycles.